The number of anilines is 1. The maximum atomic E-state index is 12.6. The van der Waals surface area contributed by atoms with Gasteiger partial charge in [-0.05, 0) is 66.6 Å². The van der Waals surface area contributed by atoms with Crippen LogP contribution in [0.15, 0.2) is 91.0 Å². The lowest BCUT2D eigenvalue weighted by molar-refractivity contribution is -0.253. The normalized spacial score (nSPS) is 19.8. The molecule has 0 bridgehead atoms. The Labute approximate surface area is 258 Å². The number of amides is 1. The van der Waals surface area contributed by atoms with Gasteiger partial charge in [-0.2, -0.15) is 0 Å². The van der Waals surface area contributed by atoms with Crippen LogP contribution in [0.5, 0.6) is 0 Å². The van der Waals surface area contributed by atoms with Crippen LogP contribution in [0.25, 0.3) is 10.8 Å². The van der Waals surface area contributed by atoms with Gasteiger partial charge in [-0.1, -0.05) is 72.8 Å². The topological polar surface area (TPSA) is 97.3 Å². The maximum absolute atomic E-state index is 12.6. The van der Waals surface area contributed by atoms with Crippen molar-refractivity contribution in [1.29, 1.82) is 0 Å². The van der Waals surface area contributed by atoms with Crippen molar-refractivity contribution in [2.75, 3.05) is 18.9 Å². The lowest BCUT2D eigenvalue weighted by Gasteiger charge is -2.39. The molecule has 44 heavy (non-hydrogen) atoms. The van der Waals surface area contributed by atoms with E-state index in [-0.39, 0.29) is 24.9 Å². The van der Waals surface area contributed by atoms with Gasteiger partial charge >= 0.3 is 5.97 Å². The highest BCUT2D eigenvalue weighted by Gasteiger charge is 2.33. The molecule has 0 spiro atoms. The van der Waals surface area contributed by atoms with Crippen molar-refractivity contribution in [1.82, 2.24) is 4.90 Å². The minimum atomic E-state index is -0.922. The monoisotopic (exact) mass is 596 g/mol. The highest BCUT2D eigenvalue weighted by atomic mass is 16.7. The second-order valence-corrected chi connectivity index (χ2v) is 11.4. The Morgan fingerprint density at radius 1 is 0.932 bits per heavy atom. The number of hydrogen-bond acceptors (Lipinski definition) is 7. The summed E-state index contributed by atoms with van der Waals surface area (Å²) in [7, 11) is 2.11. The first-order valence-electron chi connectivity index (χ1n) is 15.0. The van der Waals surface area contributed by atoms with Gasteiger partial charge < -0.3 is 24.6 Å². The van der Waals surface area contributed by atoms with E-state index >= 15 is 0 Å². The van der Waals surface area contributed by atoms with Gasteiger partial charge in [0.15, 0.2) is 12.4 Å². The molecular formula is C36H40N2O6. The van der Waals surface area contributed by atoms with E-state index in [2.05, 4.69) is 66.7 Å². The maximum Gasteiger partial charge on any atom is 0.303 e. The third-order valence-electron chi connectivity index (χ3n) is 8.16. The van der Waals surface area contributed by atoms with Gasteiger partial charge in [-0.25, -0.2) is 0 Å². The number of carbonyl (C=O) groups excluding carboxylic acids is 2. The van der Waals surface area contributed by atoms with Crippen molar-refractivity contribution in [2.24, 2.45) is 0 Å². The summed E-state index contributed by atoms with van der Waals surface area (Å²) in [6.45, 7) is 5.66. The number of benzene rings is 4. The van der Waals surface area contributed by atoms with Crippen molar-refractivity contribution in [2.45, 2.75) is 64.4 Å². The quantitative estimate of drug-likeness (QED) is 0.203. The van der Waals surface area contributed by atoms with Crippen LogP contribution in [0.3, 0.4) is 0 Å². The molecular weight excluding hydrogens is 556 g/mol. The number of likely N-dealkylation sites (N-methyl/N-ethyl adjacent to an activating group) is 1. The molecule has 8 heteroatoms. The summed E-state index contributed by atoms with van der Waals surface area (Å²) in [4.78, 5) is 26.2. The molecule has 0 unspecified atom stereocenters. The van der Waals surface area contributed by atoms with Gasteiger partial charge in [0.1, 0.15) is 0 Å². The number of ether oxygens (including phenoxy) is 3. The second kappa shape index (κ2) is 14.1. The second-order valence-electron chi connectivity index (χ2n) is 11.4. The van der Waals surface area contributed by atoms with Crippen LogP contribution in [0.4, 0.5) is 5.69 Å². The molecule has 1 amide bonds. The van der Waals surface area contributed by atoms with Crippen molar-refractivity contribution in [3.8, 4) is 0 Å². The number of carbonyl (C=O) groups is 2. The number of aliphatic hydroxyl groups excluding tert-OH is 1. The molecule has 1 aliphatic rings. The van der Waals surface area contributed by atoms with E-state index in [1.54, 1.807) is 6.07 Å². The van der Waals surface area contributed by atoms with Crippen LogP contribution in [0, 0.1) is 0 Å². The average molecular weight is 597 g/mol. The molecule has 1 heterocycles. The minimum Gasteiger partial charge on any atom is -0.453 e. The molecule has 0 aliphatic carbocycles. The van der Waals surface area contributed by atoms with Crippen LogP contribution < -0.4 is 5.32 Å². The zero-order valence-corrected chi connectivity index (χ0v) is 25.6. The molecule has 4 aromatic carbocycles. The van der Waals surface area contributed by atoms with E-state index < -0.39 is 24.3 Å². The fraction of sp³-hybridized carbons (Fsp3) is 0.333. The molecule has 4 aromatic rings. The predicted molar refractivity (Wildman–Crippen MR) is 170 cm³/mol. The first-order valence-corrected chi connectivity index (χ1v) is 15.0. The molecule has 5 rings (SSSR count). The lowest BCUT2D eigenvalue weighted by atomic mass is 9.98. The summed E-state index contributed by atoms with van der Waals surface area (Å²) in [6.07, 6.45) is -1.33. The Balaban J connectivity index is 1.35. The fourth-order valence-electron chi connectivity index (χ4n) is 5.54. The molecule has 2 N–H and O–H groups in total. The van der Waals surface area contributed by atoms with Crippen LogP contribution in [0.1, 0.15) is 67.9 Å². The zero-order chi connectivity index (χ0) is 31.2. The lowest BCUT2D eigenvalue weighted by Crippen LogP contribution is -2.38. The fourth-order valence-corrected chi connectivity index (χ4v) is 5.54. The first kappa shape index (κ1) is 31.3. The number of nitrogens with one attached hydrogen (secondary N) is 1. The molecule has 1 fully saturated rings. The minimum absolute atomic E-state index is 0.0216. The summed E-state index contributed by atoms with van der Waals surface area (Å²) < 4.78 is 18.1. The Morgan fingerprint density at radius 3 is 2.41 bits per heavy atom. The Morgan fingerprint density at radius 2 is 1.68 bits per heavy atom. The molecule has 8 nitrogen and oxygen atoms in total. The van der Waals surface area contributed by atoms with Gasteiger partial charge in [0, 0.05) is 37.2 Å². The summed E-state index contributed by atoms with van der Waals surface area (Å²) >= 11 is 0. The van der Waals surface area contributed by atoms with E-state index in [4.69, 9.17) is 14.2 Å². The number of esters is 1. The number of hydrogen-bond donors (Lipinski definition) is 2. The van der Waals surface area contributed by atoms with E-state index in [0.717, 1.165) is 16.7 Å². The molecule has 1 aliphatic heterocycles. The number of fused-ring (bicyclic) bond motifs is 1. The van der Waals surface area contributed by atoms with Crippen molar-refractivity contribution < 1.29 is 28.9 Å². The molecule has 5 atom stereocenters. The summed E-state index contributed by atoms with van der Waals surface area (Å²) in [5.74, 6) is -0.943. The van der Waals surface area contributed by atoms with Gasteiger partial charge in [-0.15, -0.1) is 0 Å². The van der Waals surface area contributed by atoms with Crippen LogP contribution in [0.2, 0.25) is 0 Å². The van der Waals surface area contributed by atoms with Gasteiger partial charge in [-0.3, -0.25) is 14.5 Å². The third-order valence-corrected chi connectivity index (χ3v) is 8.16. The third kappa shape index (κ3) is 7.70. The van der Waals surface area contributed by atoms with Gasteiger partial charge in [0.2, 0.25) is 0 Å². The van der Waals surface area contributed by atoms with Crippen LogP contribution >= 0.6 is 0 Å². The van der Waals surface area contributed by atoms with E-state index in [1.807, 2.05) is 42.5 Å². The van der Waals surface area contributed by atoms with E-state index in [9.17, 15) is 14.7 Å². The molecule has 230 valence electrons. The van der Waals surface area contributed by atoms with E-state index in [0.29, 0.717) is 18.7 Å². The number of nitrogens with zero attached hydrogens (tertiary/aromatic N) is 1. The van der Waals surface area contributed by atoms with Crippen LogP contribution in [-0.2, 0) is 30.4 Å². The predicted octanol–water partition coefficient (Wildman–Crippen LogP) is 6.46. The summed E-state index contributed by atoms with van der Waals surface area (Å²) in [5.41, 5.74) is 4.38. The van der Waals surface area contributed by atoms with Crippen molar-refractivity contribution in [3.05, 3.63) is 113 Å². The number of rotatable bonds is 10. The Kier molecular flexibility index (Phi) is 10.1. The first-order chi connectivity index (χ1) is 21.2. The molecule has 1 saturated heterocycles. The Bertz CT molecular complexity index is 1590. The molecule has 0 aromatic heterocycles. The Hall–Kier alpha value is -4.08. The standard InChI is InChI=1S/C36H40N2O6/c1-23(29-17-16-27-8-5-6-9-30(27)18-29)38(4)21-33-20-34(28-14-12-26(22-39)13-15-28)44-36(43-33)31-10-7-11-32(19-31)37-35(41)24(2)42-25(3)40/h5-19,23-24,33-34,36,39H,20-22H2,1-4H3,(H,37,41)/t23-,24+,33-,34+,36+/m1/s1. The smallest absolute Gasteiger partial charge is 0.303 e. The highest BCUT2D eigenvalue weighted by Crippen LogP contribution is 2.39. The average Bonchev–Trinajstić information content (AvgIpc) is 3.03. The van der Waals surface area contributed by atoms with Crippen molar-refractivity contribution in [3.63, 3.8) is 0 Å². The largest absolute Gasteiger partial charge is 0.453 e. The molecule has 0 radical (unpaired) electrons. The van der Waals surface area contributed by atoms with Gasteiger partial charge in [0.05, 0.1) is 18.8 Å². The highest BCUT2D eigenvalue weighted by molar-refractivity contribution is 5.95. The molecule has 0 saturated carbocycles. The van der Waals surface area contributed by atoms with Crippen LogP contribution in [-0.4, -0.2) is 47.7 Å². The number of aliphatic hydroxyl groups is 1. The van der Waals surface area contributed by atoms with Gasteiger partial charge in [0.25, 0.3) is 5.91 Å². The van der Waals surface area contributed by atoms with Crippen molar-refractivity contribution >= 4 is 28.3 Å². The zero-order valence-electron chi connectivity index (χ0n) is 25.6. The van der Waals surface area contributed by atoms with E-state index in [1.165, 1.54) is 30.2 Å². The SMILES string of the molecule is CC(=O)O[C@@H](C)C(=O)Nc1cccc([C@H]2O[C@@H](CN(C)[C@H](C)c3ccc4ccccc4c3)C[C@@H](c3ccc(CO)cc3)O2)c1. The summed E-state index contributed by atoms with van der Waals surface area (Å²) in [5, 5.41) is 14.8. The summed E-state index contributed by atoms with van der Waals surface area (Å²) in [6, 6.07) is 30.3.